The van der Waals surface area contributed by atoms with Crippen molar-refractivity contribution in [3.8, 4) is 11.5 Å². The van der Waals surface area contributed by atoms with Gasteiger partial charge in [-0.2, -0.15) is 18.3 Å². The molecule has 5 rings (SSSR count). The number of nitrogens with one attached hydrogen (secondary N) is 1. The number of allylic oxidation sites excluding steroid dienone is 2. The quantitative estimate of drug-likeness (QED) is 0.523. The molecule has 0 saturated carbocycles. The number of hydrogen-bond acceptors (Lipinski definition) is 6. The number of halogens is 3. The van der Waals surface area contributed by atoms with E-state index in [0.717, 1.165) is 55.9 Å². The Morgan fingerprint density at radius 1 is 1.24 bits per heavy atom. The van der Waals surface area contributed by atoms with Crippen molar-refractivity contribution in [1.82, 2.24) is 34.6 Å². The summed E-state index contributed by atoms with van der Waals surface area (Å²) in [6.07, 6.45) is 2.03. The Morgan fingerprint density at radius 2 is 2.00 bits per heavy atom. The van der Waals surface area contributed by atoms with Crippen LogP contribution in [-0.2, 0) is 24.0 Å². The Bertz CT molecular complexity index is 1200. The summed E-state index contributed by atoms with van der Waals surface area (Å²) in [6, 6.07) is 1.64. The number of rotatable bonds is 7. The fourth-order valence-corrected chi connectivity index (χ4v) is 4.48. The van der Waals surface area contributed by atoms with Gasteiger partial charge in [0.05, 0.1) is 36.4 Å². The molecule has 0 unspecified atom stereocenters. The number of aromatic nitrogens is 6. The number of likely N-dealkylation sites (tertiary alicyclic amines) is 1. The molecule has 1 N–H and O–H groups in total. The van der Waals surface area contributed by atoms with Crippen molar-refractivity contribution >= 4 is 11.0 Å². The second-order valence-corrected chi connectivity index (χ2v) is 8.81. The van der Waals surface area contributed by atoms with Crippen LogP contribution in [0.3, 0.4) is 0 Å². The molecule has 2 fully saturated rings. The average molecular weight is 474 g/mol. The smallest absolute Gasteiger partial charge is 0.376 e. The molecule has 34 heavy (non-hydrogen) atoms. The predicted octanol–water partition coefficient (Wildman–Crippen LogP) is 3.98. The van der Waals surface area contributed by atoms with Crippen LogP contribution in [0.4, 0.5) is 13.2 Å². The third kappa shape index (κ3) is 4.49. The molecular formula is C23H26F3N7O. The second-order valence-electron chi connectivity index (χ2n) is 8.81. The Morgan fingerprint density at radius 3 is 2.62 bits per heavy atom. The molecule has 2 aliphatic heterocycles. The third-order valence-corrected chi connectivity index (χ3v) is 6.62. The van der Waals surface area contributed by atoms with Crippen molar-refractivity contribution in [3.63, 3.8) is 0 Å². The lowest BCUT2D eigenvalue weighted by molar-refractivity contribution is -0.144. The van der Waals surface area contributed by atoms with Gasteiger partial charge >= 0.3 is 6.18 Å². The highest BCUT2D eigenvalue weighted by Crippen LogP contribution is 2.29. The first kappa shape index (κ1) is 22.7. The first-order valence-electron chi connectivity index (χ1n) is 11.3. The van der Waals surface area contributed by atoms with Crippen molar-refractivity contribution in [2.75, 3.05) is 19.7 Å². The number of aromatic amines is 1. The number of H-pyrrole nitrogens is 1. The van der Waals surface area contributed by atoms with Crippen molar-refractivity contribution in [2.24, 2.45) is 5.92 Å². The maximum absolute atomic E-state index is 12.9. The molecule has 3 aromatic rings. The zero-order valence-corrected chi connectivity index (χ0v) is 18.7. The number of hydrogen-bond donors (Lipinski definition) is 1. The van der Waals surface area contributed by atoms with Crippen LogP contribution in [0.1, 0.15) is 30.9 Å². The number of pyridine rings is 1. The summed E-state index contributed by atoms with van der Waals surface area (Å²) in [5.74, 6) is 0.0829. The number of piperidine rings is 1. The summed E-state index contributed by atoms with van der Waals surface area (Å²) in [6.45, 7) is 11.9. The number of nitrogens with zero attached hydrogens (tertiary/aromatic N) is 6. The second kappa shape index (κ2) is 8.95. The maximum Gasteiger partial charge on any atom is 0.451 e. The van der Waals surface area contributed by atoms with E-state index in [1.54, 1.807) is 12.3 Å². The molecule has 1 atom stereocenters. The summed E-state index contributed by atoms with van der Waals surface area (Å²) in [5.41, 5.74) is 2.79. The first-order chi connectivity index (χ1) is 16.3. The van der Waals surface area contributed by atoms with Gasteiger partial charge in [-0.25, -0.2) is 9.97 Å². The van der Waals surface area contributed by atoms with Gasteiger partial charge in [0.15, 0.2) is 5.82 Å². The highest BCUT2D eigenvalue weighted by Gasteiger charge is 2.35. The van der Waals surface area contributed by atoms with Crippen LogP contribution in [-0.4, -0.2) is 60.4 Å². The van der Waals surface area contributed by atoms with Gasteiger partial charge in [-0.15, -0.1) is 0 Å². The van der Waals surface area contributed by atoms with Crippen molar-refractivity contribution in [3.05, 3.63) is 48.7 Å². The van der Waals surface area contributed by atoms with Crippen LogP contribution in [0.15, 0.2) is 37.1 Å². The molecule has 180 valence electrons. The fourth-order valence-electron chi connectivity index (χ4n) is 4.48. The van der Waals surface area contributed by atoms with Crippen LogP contribution < -0.4 is 0 Å². The van der Waals surface area contributed by atoms with Gasteiger partial charge in [0.1, 0.15) is 11.5 Å². The lowest BCUT2D eigenvalue weighted by Crippen LogP contribution is -2.36. The Balaban J connectivity index is 1.41. The molecule has 3 aromatic heterocycles. The topological polar surface area (TPSA) is 84.8 Å². The summed E-state index contributed by atoms with van der Waals surface area (Å²) in [7, 11) is 0. The molecule has 0 radical (unpaired) electrons. The Labute approximate surface area is 194 Å². The summed E-state index contributed by atoms with van der Waals surface area (Å²) >= 11 is 0. The largest absolute Gasteiger partial charge is 0.451 e. The Kier molecular flexibility index (Phi) is 5.98. The van der Waals surface area contributed by atoms with E-state index in [4.69, 9.17) is 9.72 Å². The van der Waals surface area contributed by atoms with E-state index in [2.05, 4.69) is 37.7 Å². The minimum Gasteiger partial charge on any atom is -0.376 e. The zero-order valence-electron chi connectivity index (χ0n) is 18.7. The van der Waals surface area contributed by atoms with Crippen LogP contribution >= 0.6 is 0 Å². The van der Waals surface area contributed by atoms with E-state index >= 15 is 0 Å². The molecule has 2 aliphatic rings. The number of ether oxygens (including phenoxy) is 1. The van der Waals surface area contributed by atoms with Crippen LogP contribution in [0, 0.1) is 5.92 Å². The summed E-state index contributed by atoms with van der Waals surface area (Å²) in [4.78, 5) is 15.1. The standard InChI is InChI=1S/C23H26F3N7O/c1-3-14(2)15-4-7-32(8-5-15)13-20-28-17-10-18(21-29-22(31-30-21)23(24,25)26)27-11-19(17)33(20)12-16-6-9-34-16/h3,10-11,15-16H,1-2,4-9,12-13H2,(H,29,30,31)/t16-/m0/s1. The lowest BCUT2D eigenvalue weighted by atomic mass is 9.90. The fraction of sp³-hybridized carbons (Fsp3) is 0.478. The van der Waals surface area contributed by atoms with Crippen molar-refractivity contribution < 1.29 is 17.9 Å². The van der Waals surface area contributed by atoms with Gasteiger partial charge in [-0.1, -0.05) is 24.8 Å². The van der Waals surface area contributed by atoms with Crippen LogP contribution in [0.2, 0.25) is 0 Å². The number of fused-ring (bicyclic) bond motifs is 1. The van der Waals surface area contributed by atoms with Gasteiger partial charge in [0, 0.05) is 6.61 Å². The summed E-state index contributed by atoms with van der Waals surface area (Å²) in [5, 5.41) is 5.62. The molecular weight excluding hydrogens is 447 g/mol. The van der Waals surface area contributed by atoms with Gasteiger partial charge in [0.2, 0.25) is 5.82 Å². The molecule has 5 heterocycles. The first-order valence-corrected chi connectivity index (χ1v) is 11.3. The summed E-state index contributed by atoms with van der Waals surface area (Å²) < 4.78 is 46.5. The lowest BCUT2D eigenvalue weighted by Gasteiger charge is -2.32. The highest BCUT2D eigenvalue weighted by molar-refractivity contribution is 5.78. The van der Waals surface area contributed by atoms with E-state index in [1.807, 2.05) is 11.2 Å². The molecule has 0 amide bonds. The zero-order chi connectivity index (χ0) is 23.9. The van der Waals surface area contributed by atoms with Crippen molar-refractivity contribution in [1.29, 1.82) is 0 Å². The van der Waals surface area contributed by atoms with Gasteiger partial charge in [0.25, 0.3) is 0 Å². The molecule has 2 saturated heterocycles. The third-order valence-electron chi connectivity index (χ3n) is 6.62. The van der Waals surface area contributed by atoms with E-state index < -0.39 is 12.0 Å². The molecule has 0 aromatic carbocycles. The minimum atomic E-state index is -4.60. The molecule has 8 nitrogen and oxygen atoms in total. The molecule has 0 bridgehead atoms. The van der Waals surface area contributed by atoms with Crippen molar-refractivity contribution in [2.45, 2.75) is 44.6 Å². The van der Waals surface area contributed by atoms with Crippen LogP contribution in [0.5, 0.6) is 0 Å². The van der Waals surface area contributed by atoms with Gasteiger partial charge in [-0.3, -0.25) is 15.0 Å². The Hall–Kier alpha value is -3.05. The van der Waals surface area contributed by atoms with E-state index in [1.165, 1.54) is 0 Å². The highest BCUT2D eigenvalue weighted by atomic mass is 19.4. The molecule has 11 heteroatoms. The maximum atomic E-state index is 12.9. The SMILES string of the molecule is C=CC(=C)C1CCN(Cc2nc3cc(-c4n[nH]c(C(F)(F)F)n4)ncc3n2C[C@@H]2CCO2)CC1. The van der Waals surface area contributed by atoms with Gasteiger partial charge in [-0.05, 0) is 44.3 Å². The predicted molar refractivity (Wildman–Crippen MR) is 120 cm³/mol. The van der Waals surface area contributed by atoms with E-state index in [0.29, 0.717) is 24.5 Å². The van der Waals surface area contributed by atoms with E-state index in [9.17, 15) is 13.2 Å². The molecule has 0 spiro atoms. The number of alkyl halides is 3. The van der Waals surface area contributed by atoms with E-state index in [-0.39, 0.29) is 17.6 Å². The average Bonchev–Trinajstić information content (AvgIpc) is 3.41. The monoisotopic (exact) mass is 473 g/mol. The molecule has 0 aliphatic carbocycles. The van der Waals surface area contributed by atoms with Gasteiger partial charge < -0.3 is 9.30 Å². The minimum absolute atomic E-state index is 0.114. The number of imidazole rings is 1. The van der Waals surface area contributed by atoms with Crippen LogP contribution in [0.25, 0.3) is 22.6 Å². The normalized spacial score (nSPS) is 19.9.